The van der Waals surface area contributed by atoms with Gasteiger partial charge in [-0.05, 0) is 18.2 Å². The highest BCUT2D eigenvalue weighted by Gasteiger charge is 2.24. The Bertz CT molecular complexity index is 957. The molecule has 3 heterocycles. The Morgan fingerprint density at radius 1 is 1.42 bits per heavy atom. The molecule has 0 atom stereocenters. The summed E-state index contributed by atoms with van der Waals surface area (Å²) >= 11 is 7.43. The molecule has 1 aromatic carbocycles. The van der Waals surface area contributed by atoms with Crippen LogP contribution in [0.3, 0.4) is 0 Å². The minimum atomic E-state index is -0.377. The van der Waals surface area contributed by atoms with Gasteiger partial charge in [-0.3, -0.25) is 5.32 Å². The monoisotopic (exact) mass is 393 g/mol. The number of oxazole rings is 1. The number of fused-ring (bicyclic) bond motifs is 2. The standard InChI is InChI=1S/C16H16ClN5O3S/c17-9-1-2-12-11(7-9)20-16(25-12)22-5-3-10-13(8-22)26-15(19-10)21-14(24)18-4-6-23/h1-2,7,23H,3-6,8H2,(H2,18,19,21,24). The van der Waals surface area contributed by atoms with Crippen LogP contribution in [0.5, 0.6) is 0 Å². The van der Waals surface area contributed by atoms with Gasteiger partial charge >= 0.3 is 6.03 Å². The highest BCUT2D eigenvalue weighted by Crippen LogP contribution is 2.32. The number of anilines is 2. The first kappa shape index (κ1) is 17.1. The molecule has 3 N–H and O–H groups in total. The van der Waals surface area contributed by atoms with Crippen molar-refractivity contribution in [3.8, 4) is 0 Å². The number of rotatable bonds is 4. The summed E-state index contributed by atoms with van der Waals surface area (Å²) in [4.78, 5) is 23.8. The molecule has 136 valence electrons. The van der Waals surface area contributed by atoms with Crippen molar-refractivity contribution >= 4 is 51.2 Å². The molecule has 0 aliphatic carbocycles. The second-order valence-electron chi connectivity index (χ2n) is 5.77. The molecule has 1 aliphatic heterocycles. The first-order chi connectivity index (χ1) is 12.6. The van der Waals surface area contributed by atoms with Crippen molar-refractivity contribution in [2.45, 2.75) is 13.0 Å². The van der Waals surface area contributed by atoms with Gasteiger partial charge in [-0.2, -0.15) is 4.98 Å². The van der Waals surface area contributed by atoms with Gasteiger partial charge in [-0.15, -0.1) is 0 Å². The van der Waals surface area contributed by atoms with Gasteiger partial charge in [0.2, 0.25) is 0 Å². The number of amides is 2. The van der Waals surface area contributed by atoms with E-state index in [0.717, 1.165) is 29.1 Å². The fourth-order valence-corrected chi connectivity index (χ4v) is 3.93. The summed E-state index contributed by atoms with van der Waals surface area (Å²) in [5, 5.41) is 15.1. The van der Waals surface area contributed by atoms with Gasteiger partial charge in [-0.1, -0.05) is 22.9 Å². The highest BCUT2D eigenvalue weighted by atomic mass is 35.5. The molecule has 8 nitrogen and oxygen atoms in total. The molecule has 1 aliphatic rings. The number of urea groups is 1. The van der Waals surface area contributed by atoms with Crippen molar-refractivity contribution in [2.75, 3.05) is 29.9 Å². The van der Waals surface area contributed by atoms with Crippen molar-refractivity contribution in [2.24, 2.45) is 0 Å². The third-order valence-corrected chi connectivity index (χ3v) is 5.19. The van der Waals surface area contributed by atoms with Crippen LogP contribution >= 0.6 is 22.9 Å². The van der Waals surface area contributed by atoms with Crippen molar-refractivity contribution in [1.29, 1.82) is 0 Å². The highest BCUT2D eigenvalue weighted by molar-refractivity contribution is 7.15. The first-order valence-electron chi connectivity index (χ1n) is 8.08. The molecule has 0 fully saturated rings. The fraction of sp³-hybridized carbons (Fsp3) is 0.312. The molecule has 0 saturated heterocycles. The summed E-state index contributed by atoms with van der Waals surface area (Å²) in [5.74, 6) is 0. The predicted molar refractivity (Wildman–Crippen MR) is 100.0 cm³/mol. The molecule has 3 aromatic rings. The average molecular weight is 394 g/mol. The summed E-state index contributed by atoms with van der Waals surface area (Å²) in [6, 6.07) is 5.53. The zero-order chi connectivity index (χ0) is 18.1. The largest absolute Gasteiger partial charge is 0.423 e. The van der Waals surface area contributed by atoms with Crippen LogP contribution in [0.25, 0.3) is 11.1 Å². The molecule has 0 bridgehead atoms. The van der Waals surface area contributed by atoms with E-state index in [0.29, 0.717) is 28.3 Å². The summed E-state index contributed by atoms with van der Waals surface area (Å²) < 4.78 is 5.83. The van der Waals surface area contributed by atoms with Gasteiger partial charge in [0.1, 0.15) is 5.52 Å². The lowest BCUT2D eigenvalue weighted by Crippen LogP contribution is -2.31. The van der Waals surface area contributed by atoms with Crippen molar-refractivity contribution < 1.29 is 14.3 Å². The Hall–Kier alpha value is -2.36. The molecular weight excluding hydrogens is 378 g/mol. The van der Waals surface area contributed by atoms with E-state index in [1.807, 2.05) is 11.0 Å². The molecule has 2 amide bonds. The topological polar surface area (TPSA) is 104 Å². The maximum atomic E-state index is 11.7. The number of thiazole rings is 1. The van der Waals surface area contributed by atoms with Crippen molar-refractivity contribution in [3.05, 3.63) is 33.8 Å². The fourth-order valence-electron chi connectivity index (χ4n) is 2.75. The molecule has 2 aromatic heterocycles. The quantitative estimate of drug-likeness (QED) is 0.629. The average Bonchev–Trinajstić information content (AvgIpc) is 3.21. The Morgan fingerprint density at radius 3 is 3.15 bits per heavy atom. The third kappa shape index (κ3) is 3.46. The maximum absolute atomic E-state index is 11.7. The molecule has 0 saturated carbocycles. The van der Waals surface area contributed by atoms with Crippen LogP contribution in [0, 0.1) is 0 Å². The van der Waals surface area contributed by atoms with Gasteiger partial charge in [-0.25, -0.2) is 9.78 Å². The zero-order valence-electron chi connectivity index (χ0n) is 13.7. The normalized spacial score (nSPS) is 13.7. The Morgan fingerprint density at radius 2 is 2.31 bits per heavy atom. The lowest BCUT2D eigenvalue weighted by molar-refractivity contribution is 0.245. The van der Waals surface area contributed by atoms with Gasteiger partial charge in [0.15, 0.2) is 10.7 Å². The first-order valence-corrected chi connectivity index (χ1v) is 9.27. The van der Waals surface area contributed by atoms with Crippen LogP contribution in [-0.2, 0) is 13.0 Å². The number of nitrogens with one attached hydrogen (secondary N) is 2. The van der Waals surface area contributed by atoms with E-state index in [9.17, 15) is 4.79 Å². The minimum Gasteiger partial charge on any atom is -0.423 e. The molecule has 0 spiro atoms. The summed E-state index contributed by atoms with van der Waals surface area (Å²) in [7, 11) is 0. The van der Waals surface area contributed by atoms with E-state index in [2.05, 4.69) is 20.6 Å². The predicted octanol–water partition coefficient (Wildman–Crippen LogP) is 2.61. The summed E-state index contributed by atoms with van der Waals surface area (Å²) in [6.07, 6.45) is 0.741. The maximum Gasteiger partial charge on any atom is 0.321 e. The second kappa shape index (κ2) is 7.10. The number of aromatic nitrogens is 2. The van der Waals surface area contributed by atoms with Crippen LogP contribution in [0.4, 0.5) is 15.9 Å². The number of nitrogens with zero attached hydrogens (tertiary/aromatic N) is 3. The lowest BCUT2D eigenvalue weighted by atomic mass is 10.2. The molecule has 4 rings (SSSR count). The number of hydrogen-bond acceptors (Lipinski definition) is 7. The lowest BCUT2D eigenvalue weighted by Gasteiger charge is -2.23. The van der Waals surface area contributed by atoms with Crippen LogP contribution < -0.4 is 15.5 Å². The van der Waals surface area contributed by atoms with Crippen LogP contribution in [0.2, 0.25) is 5.02 Å². The number of carbonyl (C=O) groups is 1. The van der Waals surface area contributed by atoms with Crippen LogP contribution in [-0.4, -0.2) is 40.8 Å². The number of hydrogen-bond donors (Lipinski definition) is 3. The molecule has 10 heteroatoms. The van der Waals surface area contributed by atoms with E-state index in [-0.39, 0.29) is 19.2 Å². The number of carbonyl (C=O) groups excluding carboxylic acids is 1. The van der Waals surface area contributed by atoms with Crippen molar-refractivity contribution in [3.63, 3.8) is 0 Å². The Kier molecular flexibility index (Phi) is 4.66. The summed E-state index contributed by atoms with van der Waals surface area (Å²) in [6.45, 7) is 1.44. The van der Waals surface area contributed by atoms with Gasteiger partial charge in [0.05, 0.1) is 18.8 Å². The number of benzene rings is 1. The van der Waals surface area contributed by atoms with E-state index < -0.39 is 0 Å². The van der Waals surface area contributed by atoms with Gasteiger partial charge in [0, 0.05) is 29.4 Å². The number of aliphatic hydroxyl groups is 1. The van der Waals surface area contributed by atoms with Crippen LogP contribution in [0.15, 0.2) is 22.6 Å². The smallest absolute Gasteiger partial charge is 0.321 e. The van der Waals surface area contributed by atoms with Gasteiger partial charge in [0.25, 0.3) is 6.01 Å². The number of aliphatic hydroxyl groups excluding tert-OH is 1. The van der Waals surface area contributed by atoms with Crippen molar-refractivity contribution in [1.82, 2.24) is 15.3 Å². The molecule has 0 radical (unpaired) electrons. The second-order valence-corrected chi connectivity index (χ2v) is 7.29. The van der Waals surface area contributed by atoms with E-state index in [1.165, 1.54) is 11.3 Å². The van der Waals surface area contributed by atoms with Crippen LogP contribution in [0.1, 0.15) is 10.6 Å². The van der Waals surface area contributed by atoms with E-state index >= 15 is 0 Å². The minimum absolute atomic E-state index is 0.105. The van der Waals surface area contributed by atoms with Gasteiger partial charge < -0.3 is 19.7 Å². The Balaban J connectivity index is 1.49. The number of halogens is 1. The molecular formula is C16H16ClN5O3S. The van der Waals surface area contributed by atoms with E-state index in [4.69, 9.17) is 21.1 Å². The Labute approximate surface area is 157 Å². The molecule has 26 heavy (non-hydrogen) atoms. The summed E-state index contributed by atoms with van der Waals surface area (Å²) in [5.41, 5.74) is 2.40. The zero-order valence-corrected chi connectivity index (χ0v) is 15.2. The molecule has 0 unspecified atom stereocenters. The third-order valence-electron chi connectivity index (χ3n) is 3.96. The SMILES string of the molecule is O=C(NCCO)Nc1nc2c(s1)CN(c1nc3cc(Cl)ccc3o1)CC2. The van der Waals surface area contributed by atoms with E-state index in [1.54, 1.807) is 12.1 Å².